The number of aryl methyl sites for hydroxylation is 1. The van der Waals surface area contributed by atoms with Crippen molar-refractivity contribution in [3.63, 3.8) is 0 Å². The number of amides is 1. The van der Waals surface area contributed by atoms with Crippen LogP contribution >= 0.6 is 47.3 Å². The molecule has 0 bridgehead atoms. The molecule has 1 amide bonds. The fraction of sp³-hybridized carbons (Fsp3) is 0.486. The van der Waals surface area contributed by atoms with Crippen molar-refractivity contribution >= 4 is 90.5 Å². The molecule has 2 fully saturated rings. The van der Waals surface area contributed by atoms with Gasteiger partial charge in [-0.05, 0) is 88.8 Å². The van der Waals surface area contributed by atoms with Gasteiger partial charge in [-0.15, -0.1) is 0 Å². The number of aromatic nitrogens is 2. The highest BCUT2D eigenvalue weighted by Gasteiger charge is 2.27. The Hall–Kier alpha value is -2.78. The van der Waals surface area contributed by atoms with Gasteiger partial charge in [-0.25, -0.2) is 13.4 Å². The van der Waals surface area contributed by atoms with Crippen LogP contribution in [0.2, 0.25) is 5.02 Å². The summed E-state index contributed by atoms with van der Waals surface area (Å²) in [5.74, 6) is 4.15. The van der Waals surface area contributed by atoms with E-state index in [-0.39, 0.29) is 33.7 Å². The number of carbonyl (C=O) groups is 1. The zero-order chi connectivity index (χ0) is 36.0. The Kier molecular flexibility index (Phi) is 13.2. The van der Waals surface area contributed by atoms with E-state index in [9.17, 15) is 13.2 Å². The van der Waals surface area contributed by atoms with Crippen molar-refractivity contribution in [2.45, 2.75) is 69.6 Å². The SMILES string of the molecule is Cc1cc(Nc2ncc(Cl)c(Nc3ccccc3S(=O)(=O)C(C)C)n2)c(OC(C)C)cc1C1CCN(C(=S)SCC(=O)N2CCSCC2)CC1. The van der Waals surface area contributed by atoms with Crippen molar-refractivity contribution in [2.24, 2.45) is 0 Å². The summed E-state index contributed by atoms with van der Waals surface area (Å²) >= 11 is 15.6. The molecule has 15 heteroatoms. The van der Waals surface area contributed by atoms with Crippen LogP contribution in [0.1, 0.15) is 57.6 Å². The van der Waals surface area contributed by atoms with Crippen LogP contribution < -0.4 is 15.4 Å². The minimum absolute atomic E-state index is 0.0727. The fourth-order valence-corrected chi connectivity index (χ4v) is 9.32. The van der Waals surface area contributed by atoms with Gasteiger partial charge >= 0.3 is 0 Å². The zero-order valence-corrected chi connectivity index (χ0v) is 33.1. The molecule has 0 aliphatic carbocycles. The highest BCUT2D eigenvalue weighted by molar-refractivity contribution is 8.23. The third-order valence-corrected chi connectivity index (χ3v) is 13.6. The van der Waals surface area contributed by atoms with Crippen LogP contribution in [-0.2, 0) is 14.6 Å². The number of ether oxygens (including phenoxy) is 1. The number of hydrogen-bond acceptors (Lipinski definition) is 11. The van der Waals surface area contributed by atoms with E-state index < -0.39 is 15.1 Å². The lowest BCUT2D eigenvalue weighted by molar-refractivity contribution is -0.127. The molecule has 3 heterocycles. The van der Waals surface area contributed by atoms with Crippen LogP contribution in [0.3, 0.4) is 0 Å². The maximum Gasteiger partial charge on any atom is 0.233 e. The van der Waals surface area contributed by atoms with Gasteiger partial charge in [0.25, 0.3) is 0 Å². The summed E-state index contributed by atoms with van der Waals surface area (Å²) in [6.07, 6.45) is 3.28. The average Bonchev–Trinajstić information content (AvgIpc) is 3.10. The molecule has 0 saturated carbocycles. The number of halogens is 1. The van der Waals surface area contributed by atoms with Crippen molar-refractivity contribution < 1.29 is 17.9 Å². The van der Waals surface area contributed by atoms with E-state index in [0.717, 1.165) is 60.4 Å². The van der Waals surface area contributed by atoms with Crippen LogP contribution in [0.4, 0.5) is 23.1 Å². The molecule has 10 nitrogen and oxygen atoms in total. The van der Waals surface area contributed by atoms with Crippen LogP contribution in [0, 0.1) is 6.92 Å². The van der Waals surface area contributed by atoms with Crippen molar-refractivity contribution in [3.05, 3.63) is 58.7 Å². The quantitative estimate of drug-likeness (QED) is 0.186. The Bertz CT molecular complexity index is 1800. The fourth-order valence-electron chi connectivity index (χ4n) is 5.92. The number of piperidine rings is 1. The Morgan fingerprint density at radius 2 is 1.76 bits per heavy atom. The molecule has 50 heavy (non-hydrogen) atoms. The number of nitrogens with one attached hydrogen (secondary N) is 2. The standard InChI is InChI=1S/C35H45ClN6O4S4/c1-22(2)46-30-19-26(25-10-12-42(13-11-25)35(47)49-21-32(43)41-14-16-48-17-15-41)24(5)18-29(30)39-34-37-20-27(36)33(40-34)38-28-8-6-7-9-31(28)50(44,45)23(3)4/h6-9,18-20,22-23,25H,10-17,21H2,1-5H3,(H2,37,38,39,40). The third kappa shape index (κ3) is 9.55. The number of carbonyl (C=O) groups excluding carboxylic acids is 1. The van der Waals surface area contributed by atoms with E-state index in [0.29, 0.717) is 28.8 Å². The van der Waals surface area contributed by atoms with Gasteiger partial charge < -0.3 is 25.2 Å². The number of benzene rings is 2. The van der Waals surface area contributed by atoms with E-state index in [2.05, 4.69) is 44.6 Å². The minimum atomic E-state index is -3.56. The van der Waals surface area contributed by atoms with E-state index in [4.69, 9.17) is 28.6 Å². The lowest BCUT2D eigenvalue weighted by atomic mass is 9.86. The molecule has 0 radical (unpaired) electrons. The predicted octanol–water partition coefficient (Wildman–Crippen LogP) is 7.67. The summed E-state index contributed by atoms with van der Waals surface area (Å²) in [5, 5.41) is 6.07. The van der Waals surface area contributed by atoms with Crippen LogP contribution in [0.5, 0.6) is 5.75 Å². The second kappa shape index (κ2) is 17.2. The molecule has 1 aromatic heterocycles. The highest BCUT2D eigenvalue weighted by atomic mass is 35.5. The topological polar surface area (TPSA) is 117 Å². The summed E-state index contributed by atoms with van der Waals surface area (Å²) in [6, 6.07) is 10.9. The van der Waals surface area contributed by atoms with Crippen LogP contribution in [0.15, 0.2) is 47.5 Å². The van der Waals surface area contributed by atoms with Gasteiger partial charge in [-0.1, -0.05) is 47.7 Å². The van der Waals surface area contributed by atoms with Gasteiger partial charge in [0, 0.05) is 37.7 Å². The number of thiocarbonyl (C=S) groups is 1. The first-order chi connectivity index (χ1) is 23.8. The number of hydrogen-bond donors (Lipinski definition) is 2. The number of thioether (sulfide) groups is 2. The molecule has 5 rings (SSSR count). The molecule has 3 aromatic rings. The molecule has 2 saturated heterocycles. The normalized spacial score (nSPS) is 15.8. The predicted molar refractivity (Wildman–Crippen MR) is 212 cm³/mol. The molecule has 0 atom stereocenters. The average molecular weight is 778 g/mol. The van der Waals surface area contributed by atoms with Crippen LogP contribution in [-0.4, -0.2) is 93.2 Å². The summed E-state index contributed by atoms with van der Waals surface area (Å²) in [7, 11) is -3.56. The lowest BCUT2D eigenvalue weighted by Gasteiger charge is -2.34. The number of para-hydroxylation sites is 1. The monoisotopic (exact) mass is 776 g/mol. The van der Waals surface area contributed by atoms with Crippen molar-refractivity contribution in [1.82, 2.24) is 19.8 Å². The van der Waals surface area contributed by atoms with Gasteiger partial charge in [-0.3, -0.25) is 4.79 Å². The first-order valence-electron chi connectivity index (χ1n) is 16.8. The zero-order valence-electron chi connectivity index (χ0n) is 29.1. The van der Waals surface area contributed by atoms with E-state index in [1.165, 1.54) is 23.5 Å². The Morgan fingerprint density at radius 1 is 1.06 bits per heavy atom. The van der Waals surface area contributed by atoms with E-state index in [1.54, 1.807) is 38.1 Å². The minimum Gasteiger partial charge on any atom is -0.489 e. The van der Waals surface area contributed by atoms with Gasteiger partial charge in [-0.2, -0.15) is 16.7 Å². The van der Waals surface area contributed by atoms with Crippen molar-refractivity contribution in [3.8, 4) is 5.75 Å². The highest BCUT2D eigenvalue weighted by Crippen LogP contribution is 2.39. The molecule has 2 aromatic carbocycles. The number of likely N-dealkylation sites (tertiary alicyclic amines) is 1. The molecule has 2 aliphatic rings. The third-order valence-electron chi connectivity index (χ3n) is 8.66. The summed E-state index contributed by atoms with van der Waals surface area (Å²) in [6.45, 7) is 12.7. The molecule has 2 aliphatic heterocycles. The molecule has 2 N–H and O–H groups in total. The number of anilines is 4. The largest absolute Gasteiger partial charge is 0.489 e. The summed E-state index contributed by atoms with van der Waals surface area (Å²) in [4.78, 5) is 26.0. The first kappa shape index (κ1) is 38.5. The van der Waals surface area contributed by atoms with Gasteiger partial charge in [0.1, 0.15) is 15.1 Å². The van der Waals surface area contributed by atoms with Crippen molar-refractivity contribution in [1.29, 1.82) is 0 Å². The molecule has 0 unspecified atom stereocenters. The molecule has 0 spiro atoms. The number of sulfone groups is 1. The number of rotatable bonds is 11. The second-order valence-electron chi connectivity index (χ2n) is 12.9. The van der Waals surface area contributed by atoms with Gasteiger partial charge in [0.2, 0.25) is 11.9 Å². The smallest absolute Gasteiger partial charge is 0.233 e. The summed E-state index contributed by atoms with van der Waals surface area (Å²) in [5.41, 5.74) is 3.43. The summed E-state index contributed by atoms with van der Waals surface area (Å²) < 4.78 is 33.1. The molecular formula is C35H45ClN6O4S4. The van der Waals surface area contributed by atoms with Crippen LogP contribution in [0.25, 0.3) is 0 Å². The second-order valence-corrected chi connectivity index (χ2v) is 18.6. The van der Waals surface area contributed by atoms with Gasteiger partial charge in [0.05, 0.1) is 39.6 Å². The van der Waals surface area contributed by atoms with E-state index >= 15 is 0 Å². The number of nitrogens with zero attached hydrogens (tertiary/aromatic N) is 4. The van der Waals surface area contributed by atoms with E-state index in [1.807, 2.05) is 30.5 Å². The molecule has 270 valence electrons. The lowest BCUT2D eigenvalue weighted by Crippen LogP contribution is -2.40. The molecular weight excluding hydrogens is 732 g/mol. The maximum absolute atomic E-state index is 13.0. The Labute approximate surface area is 314 Å². The Balaban J connectivity index is 1.28. The van der Waals surface area contributed by atoms with Gasteiger partial charge in [0.15, 0.2) is 15.7 Å². The van der Waals surface area contributed by atoms with Crippen molar-refractivity contribution in [2.75, 3.05) is 54.1 Å². The maximum atomic E-state index is 13.0. The first-order valence-corrected chi connectivity index (χ1v) is 21.3. The Morgan fingerprint density at radius 3 is 2.44 bits per heavy atom.